The highest BCUT2D eigenvalue weighted by Gasteiger charge is 2.34. The lowest BCUT2D eigenvalue weighted by Gasteiger charge is -2.14. The van der Waals surface area contributed by atoms with Gasteiger partial charge in [0, 0.05) is 0 Å². The number of thioether (sulfide) groups is 1. The zero-order valence-corrected chi connectivity index (χ0v) is 23.2. The molecule has 0 bridgehead atoms. The maximum atomic E-state index is 12.9. The summed E-state index contributed by atoms with van der Waals surface area (Å²) in [5, 5.41) is 1.39. The van der Waals surface area contributed by atoms with Crippen LogP contribution in [0.4, 0.5) is 4.79 Å². The van der Waals surface area contributed by atoms with Gasteiger partial charge >= 0.3 is 5.97 Å². The third-order valence-electron chi connectivity index (χ3n) is 5.98. The Morgan fingerprint density at radius 1 is 0.923 bits per heavy atom. The summed E-state index contributed by atoms with van der Waals surface area (Å²) in [4.78, 5) is 39.8. The highest BCUT2D eigenvalue weighted by Crippen LogP contribution is 2.34. The average molecular weight is 604 g/mol. The summed E-state index contributed by atoms with van der Waals surface area (Å²) in [6.07, 6.45) is 1.63. The molecule has 0 N–H and O–H groups in total. The lowest BCUT2D eigenvalue weighted by molar-refractivity contribution is -0.123. The number of benzene rings is 4. The Hall–Kier alpha value is -4.08. The molecule has 0 aliphatic carbocycles. The Balaban J connectivity index is 1.25. The van der Waals surface area contributed by atoms with Crippen LogP contribution in [0.25, 0.3) is 16.8 Å². The first kappa shape index (κ1) is 26.5. The number of hydrogen-bond donors (Lipinski definition) is 0. The Labute approximate surface area is 237 Å². The van der Waals surface area contributed by atoms with E-state index in [1.165, 1.54) is 0 Å². The number of hydrogen-bond acceptors (Lipinski definition) is 7. The first-order valence-electron chi connectivity index (χ1n) is 12.0. The van der Waals surface area contributed by atoms with E-state index in [1.807, 2.05) is 48.5 Å². The van der Waals surface area contributed by atoms with Crippen LogP contribution in [-0.4, -0.2) is 42.3 Å². The van der Waals surface area contributed by atoms with Crippen LogP contribution in [0.15, 0.2) is 94.3 Å². The lowest BCUT2D eigenvalue weighted by atomic mass is 10.0. The Kier molecular flexibility index (Phi) is 7.99. The van der Waals surface area contributed by atoms with Gasteiger partial charge in [-0.2, -0.15) is 0 Å². The molecule has 0 spiro atoms. The minimum absolute atomic E-state index is 0.104. The molecular weight excluding hydrogens is 582 g/mol. The molecule has 7 nitrogen and oxygen atoms in total. The molecule has 1 heterocycles. The third kappa shape index (κ3) is 5.84. The molecule has 0 unspecified atom stereocenters. The first-order chi connectivity index (χ1) is 18.9. The molecule has 9 heteroatoms. The lowest BCUT2D eigenvalue weighted by Crippen LogP contribution is -2.32. The van der Waals surface area contributed by atoms with E-state index in [2.05, 4.69) is 15.9 Å². The largest absolute Gasteiger partial charge is 0.493 e. The summed E-state index contributed by atoms with van der Waals surface area (Å²) < 4.78 is 17.2. The van der Waals surface area contributed by atoms with E-state index >= 15 is 0 Å². The van der Waals surface area contributed by atoms with E-state index in [1.54, 1.807) is 49.6 Å². The molecule has 2 amide bonds. The summed E-state index contributed by atoms with van der Waals surface area (Å²) in [5.74, 6) is 0.580. The van der Waals surface area contributed by atoms with Crippen molar-refractivity contribution < 1.29 is 28.6 Å². The van der Waals surface area contributed by atoms with Crippen molar-refractivity contribution in [2.45, 2.75) is 0 Å². The average Bonchev–Trinajstić information content (AvgIpc) is 3.21. The zero-order valence-electron chi connectivity index (χ0n) is 20.8. The smallest absolute Gasteiger partial charge is 0.344 e. The number of carbonyl (C=O) groups is 3. The molecule has 1 fully saturated rings. The maximum absolute atomic E-state index is 12.9. The SMILES string of the molecule is COc1ccccc1OCCN1C(=O)S/C(=C\c2ccc(OC(=O)c3cccc4ccccc34)c(Br)c2)C1=O. The van der Waals surface area contributed by atoms with Crippen molar-refractivity contribution in [3.8, 4) is 17.2 Å². The van der Waals surface area contributed by atoms with Crippen molar-refractivity contribution in [3.63, 3.8) is 0 Å². The van der Waals surface area contributed by atoms with Gasteiger partial charge in [0.05, 0.1) is 28.6 Å². The van der Waals surface area contributed by atoms with Crippen molar-refractivity contribution in [1.29, 1.82) is 0 Å². The van der Waals surface area contributed by atoms with E-state index < -0.39 is 11.9 Å². The number of esters is 1. The van der Waals surface area contributed by atoms with Gasteiger partial charge in [-0.15, -0.1) is 0 Å². The van der Waals surface area contributed by atoms with Crippen LogP contribution in [0.1, 0.15) is 15.9 Å². The van der Waals surface area contributed by atoms with Gasteiger partial charge in [-0.25, -0.2) is 4.79 Å². The number of imide groups is 1. The van der Waals surface area contributed by atoms with Crippen LogP contribution in [0.5, 0.6) is 17.2 Å². The van der Waals surface area contributed by atoms with Gasteiger partial charge < -0.3 is 14.2 Å². The third-order valence-corrected chi connectivity index (χ3v) is 7.51. The summed E-state index contributed by atoms with van der Waals surface area (Å²) in [5.41, 5.74) is 1.13. The molecule has 0 aromatic heterocycles. The summed E-state index contributed by atoms with van der Waals surface area (Å²) >= 11 is 4.32. The van der Waals surface area contributed by atoms with Crippen molar-refractivity contribution in [1.82, 2.24) is 4.90 Å². The number of halogens is 1. The maximum Gasteiger partial charge on any atom is 0.344 e. The highest BCUT2D eigenvalue weighted by molar-refractivity contribution is 9.10. The Bertz CT molecular complexity index is 1610. The van der Waals surface area contributed by atoms with Crippen LogP contribution >= 0.6 is 27.7 Å². The molecule has 0 radical (unpaired) electrons. The van der Waals surface area contributed by atoms with Gasteiger partial charge in [0.25, 0.3) is 11.1 Å². The molecule has 39 heavy (non-hydrogen) atoms. The molecule has 1 aliphatic heterocycles. The van der Waals surface area contributed by atoms with Crippen molar-refractivity contribution in [3.05, 3.63) is 105 Å². The van der Waals surface area contributed by atoms with Crippen LogP contribution in [0.3, 0.4) is 0 Å². The van der Waals surface area contributed by atoms with Gasteiger partial charge in [-0.05, 0) is 80.4 Å². The quantitative estimate of drug-likeness (QED) is 0.122. The van der Waals surface area contributed by atoms with Crippen LogP contribution < -0.4 is 14.2 Å². The van der Waals surface area contributed by atoms with Crippen molar-refractivity contribution in [2.75, 3.05) is 20.3 Å². The monoisotopic (exact) mass is 603 g/mol. The number of fused-ring (bicyclic) bond motifs is 1. The molecule has 5 rings (SSSR count). The molecule has 4 aromatic rings. The minimum Gasteiger partial charge on any atom is -0.493 e. The van der Waals surface area contributed by atoms with Crippen molar-refractivity contribution >= 4 is 61.7 Å². The zero-order chi connectivity index (χ0) is 27.4. The normalized spacial score (nSPS) is 14.2. The fourth-order valence-electron chi connectivity index (χ4n) is 4.08. The van der Waals surface area contributed by atoms with E-state index in [4.69, 9.17) is 14.2 Å². The first-order valence-corrected chi connectivity index (χ1v) is 13.6. The molecule has 0 saturated carbocycles. The van der Waals surface area contributed by atoms with E-state index in [0.717, 1.165) is 27.4 Å². The number of rotatable bonds is 8. The minimum atomic E-state index is -0.475. The summed E-state index contributed by atoms with van der Waals surface area (Å²) in [6, 6.07) is 25.3. The number of methoxy groups -OCH3 is 1. The number of amides is 2. The van der Waals surface area contributed by atoms with Crippen LogP contribution in [0.2, 0.25) is 0 Å². The molecule has 0 atom stereocenters. The van der Waals surface area contributed by atoms with Gasteiger partial charge in [0.2, 0.25) is 0 Å². The van der Waals surface area contributed by atoms with E-state index in [0.29, 0.717) is 37.8 Å². The predicted octanol–water partition coefficient (Wildman–Crippen LogP) is 6.95. The Morgan fingerprint density at radius 3 is 2.46 bits per heavy atom. The topological polar surface area (TPSA) is 82.1 Å². The highest BCUT2D eigenvalue weighted by atomic mass is 79.9. The van der Waals surface area contributed by atoms with E-state index in [-0.39, 0.29) is 18.4 Å². The van der Waals surface area contributed by atoms with Crippen LogP contribution in [0, 0.1) is 0 Å². The molecule has 196 valence electrons. The van der Waals surface area contributed by atoms with Gasteiger partial charge in [-0.1, -0.05) is 54.6 Å². The second-order valence-corrected chi connectivity index (χ2v) is 10.3. The standard InChI is InChI=1S/C30H22BrNO6S/c1-36-25-11-4-5-12-26(25)37-16-15-32-28(33)27(39-30(32)35)18-19-13-14-24(23(31)17-19)38-29(34)22-10-6-8-20-7-2-3-9-21(20)22/h2-14,17-18H,15-16H2,1H3/b27-18-. The molecule has 1 saturated heterocycles. The summed E-state index contributed by atoms with van der Waals surface area (Å²) in [7, 11) is 1.55. The number of para-hydroxylation sites is 2. The predicted molar refractivity (Wildman–Crippen MR) is 154 cm³/mol. The molecule has 1 aliphatic rings. The second kappa shape index (κ2) is 11.8. The molecule has 4 aromatic carbocycles. The van der Waals surface area contributed by atoms with Gasteiger partial charge in [0.1, 0.15) is 12.4 Å². The second-order valence-electron chi connectivity index (χ2n) is 8.44. The number of nitrogens with zero attached hydrogens (tertiary/aromatic N) is 1. The van der Waals surface area contributed by atoms with Crippen molar-refractivity contribution in [2.24, 2.45) is 0 Å². The van der Waals surface area contributed by atoms with Gasteiger partial charge in [0.15, 0.2) is 11.5 Å². The van der Waals surface area contributed by atoms with Crippen LogP contribution in [-0.2, 0) is 4.79 Å². The van der Waals surface area contributed by atoms with E-state index in [9.17, 15) is 14.4 Å². The van der Waals surface area contributed by atoms with Gasteiger partial charge in [-0.3, -0.25) is 14.5 Å². The fourth-order valence-corrected chi connectivity index (χ4v) is 5.42. The number of ether oxygens (including phenoxy) is 3. The fraction of sp³-hybridized carbons (Fsp3) is 0.100. The Morgan fingerprint density at radius 2 is 1.67 bits per heavy atom. The summed E-state index contributed by atoms with van der Waals surface area (Å²) in [6.45, 7) is 0.237. The molecular formula is C30H22BrNO6S. The number of carbonyl (C=O) groups excluding carboxylic acids is 3.